The molecule has 162 valence electrons. The summed E-state index contributed by atoms with van der Waals surface area (Å²) in [5.41, 5.74) is 1.87. The van der Waals surface area contributed by atoms with E-state index in [0.717, 1.165) is 5.56 Å². The maximum absolute atomic E-state index is 12.9. The number of amides is 1. The van der Waals surface area contributed by atoms with Crippen LogP contribution >= 0.6 is 0 Å². The molecule has 2 aromatic carbocycles. The summed E-state index contributed by atoms with van der Waals surface area (Å²) in [7, 11) is 3.13. The first kappa shape index (κ1) is 20.9. The first-order chi connectivity index (χ1) is 15.7. The highest BCUT2D eigenvalue weighted by molar-refractivity contribution is 6.23. The zero-order valence-electron chi connectivity index (χ0n) is 17.6. The first-order valence-corrected chi connectivity index (χ1v) is 9.81. The van der Waals surface area contributed by atoms with Gasteiger partial charge in [-0.05, 0) is 35.9 Å². The van der Waals surface area contributed by atoms with Crippen LogP contribution in [0, 0.1) is 0 Å². The van der Waals surface area contributed by atoms with Gasteiger partial charge in [0.2, 0.25) is 11.7 Å². The number of carbonyl (C=O) groups excluding carboxylic acids is 1. The summed E-state index contributed by atoms with van der Waals surface area (Å²) < 4.78 is 21.3. The van der Waals surface area contributed by atoms with Crippen molar-refractivity contribution in [1.82, 2.24) is 15.5 Å². The molecule has 1 amide bonds. The van der Waals surface area contributed by atoms with E-state index in [-0.39, 0.29) is 18.3 Å². The number of benzene rings is 2. The van der Waals surface area contributed by atoms with Crippen molar-refractivity contribution in [3.8, 4) is 22.9 Å². The molecular formula is C24H21N3O5. The molecule has 2 aromatic heterocycles. The van der Waals surface area contributed by atoms with E-state index >= 15 is 0 Å². The molecule has 4 aromatic rings. The SMILES string of the molecule is COc1ccc(-c2noc(CNC(=O)/C(=C/c3ccco3)c3ccccc3)n2)c(OC)c1. The molecule has 0 unspecified atom stereocenters. The Balaban J connectivity index is 1.51. The Labute approximate surface area is 184 Å². The van der Waals surface area contributed by atoms with Crippen LogP contribution in [0.15, 0.2) is 75.9 Å². The standard InChI is InChI=1S/C24H21N3O5/c1-29-17-10-11-19(21(14-17)30-2)23-26-22(32-27-23)15-25-24(28)20(13-18-9-6-12-31-18)16-7-4-3-5-8-16/h3-14H,15H2,1-2H3,(H,25,28)/b20-13+. The van der Waals surface area contributed by atoms with E-state index in [9.17, 15) is 4.79 Å². The molecule has 0 bridgehead atoms. The van der Waals surface area contributed by atoms with Gasteiger partial charge in [-0.2, -0.15) is 4.98 Å². The normalized spacial score (nSPS) is 11.2. The lowest BCUT2D eigenvalue weighted by molar-refractivity contribution is -0.115. The van der Waals surface area contributed by atoms with Gasteiger partial charge in [-0.25, -0.2) is 0 Å². The minimum atomic E-state index is -0.297. The Hall–Kier alpha value is -4.33. The summed E-state index contributed by atoms with van der Waals surface area (Å²) in [6.45, 7) is 0.0621. The van der Waals surface area contributed by atoms with Crippen LogP contribution in [0.3, 0.4) is 0 Å². The average Bonchev–Trinajstić information content (AvgIpc) is 3.53. The summed E-state index contributed by atoms with van der Waals surface area (Å²) >= 11 is 0. The smallest absolute Gasteiger partial charge is 0.252 e. The van der Waals surface area contributed by atoms with Crippen molar-refractivity contribution in [2.45, 2.75) is 6.54 Å². The van der Waals surface area contributed by atoms with Gasteiger partial charge in [0.05, 0.1) is 38.2 Å². The van der Waals surface area contributed by atoms with Crippen LogP contribution in [0.5, 0.6) is 11.5 Å². The van der Waals surface area contributed by atoms with E-state index in [0.29, 0.717) is 34.2 Å². The Kier molecular flexibility index (Phi) is 6.31. The quantitative estimate of drug-likeness (QED) is 0.417. The molecule has 2 heterocycles. The van der Waals surface area contributed by atoms with Crippen molar-refractivity contribution in [2.24, 2.45) is 0 Å². The lowest BCUT2D eigenvalue weighted by Gasteiger charge is -2.08. The molecule has 0 radical (unpaired) electrons. The van der Waals surface area contributed by atoms with Crippen LogP contribution in [0.25, 0.3) is 23.0 Å². The molecule has 0 atom stereocenters. The minimum absolute atomic E-state index is 0.0621. The highest BCUT2D eigenvalue weighted by atomic mass is 16.5. The van der Waals surface area contributed by atoms with Gasteiger partial charge in [0.25, 0.3) is 5.91 Å². The number of nitrogens with zero attached hydrogens (tertiary/aromatic N) is 2. The zero-order chi connectivity index (χ0) is 22.3. The summed E-state index contributed by atoms with van der Waals surface area (Å²) in [6, 6.07) is 18.2. The van der Waals surface area contributed by atoms with Crippen molar-refractivity contribution in [3.05, 3.63) is 84.1 Å². The molecular weight excluding hydrogens is 410 g/mol. The van der Waals surface area contributed by atoms with Crippen LogP contribution < -0.4 is 14.8 Å². The van der Waals surface area contributed by atoms with E-state index in [4.69, 9.17) is 18.4 Å². The second kappa shape index (κ2) is 9.65. The number of hydrogen-bond donors (Lipinski definition) is 1. The lowest BCUT2D eigenvalue weighted by Crippen LogP contribution is -2.24. The molecule has 8 nitrogen and oxygen atoms in total. The van der Waals surface area contributed by atoms with Gasteiger partial charge < -0.3 is 23.7 Å². The van der Waals surface area contributed by atoms with Crippen molar-refractivity contribution in [3.63, 3.8) is 0 Å². The monoisotopic (exact) mass is 431 g/mol. The predicted octanol–water partition coefficient (Wildman–Crippen LogP) is 4.20. The molecule has 0 aliphatic heterocycles. The third-order valence-corrected chi connectivity index (χ3v) is 4.68. The van der Waals surface area contributed by atoms with E-state index in [1.54, 1.807) is 56.9 Å². The lowest BCUT2D eigenvalue weighted by atomic mass is 10.0. The van der Waals surface area contributed by atoms with Crippen LogP contribution in [-0.2, 0) is 11.3 Å². The molecule has 0 saturated heterocycles. The van der Waals surface area contributed by atoms with Gasteiger partial charge >= 0.3 is 0 Å². The zero-order valence-corrected chi connectivity index (χ0v) is 17.6. The fourth-order valence-corrected chi connectivity index (χ4v) is 3.08. The highest BCUT2D eigenvalue weighted by Crippen LogP contribution is 2.31. The van der Waals surface area contributed by atoms with Gasteiger partial charge in [-0.1, -0.05) is 35.5 Å². The maximum Gasteiger partial charge on any atom is 0.252 e. The summed E-state index contributed by atoms with van der Waals surface area (Å²) in [6.07, 6.45) is 3.24. The van der Waals surface area contributed by atoms with Crippen LogP contribution in [0.1, 0.15) is 17.2 Å². The second-order valence-corrected chi connectivity index (χ2v) is 6.70. The van der Waals surface area contributed by atoms with Crippen molar-refractivity contribution < 1.29 is 23.2 Å². The van der Waals surface area contributed by atoms with Crippen molar-refractivity contribution in [1.29, 1.82) is 0 Å². The number of hydrogen-bond acceptors (Lipinski definition) is 7. The summed E-state index contributed by atoms with van der Waals surface area (Å²) in [4.78, 5) is 17.3. The molecule has 32 heavy (non-hydrogen) atoms. The third kappa shape index (κ3) is 4.70. The Morgan fingerprint density at radius 2 is 1.91 bits per heavy atom. The topological polar surface area (TPSA) is 99.6 Å². The van der Waals surface area contributed by atoms with Gasteiger partial charge in [0.15, 0.2) is 0 Å². The number of furan rings is 1. The number of ether oxygens (including phenoxy) is 2. The van der Waals surface area contributed by atoms with Crippen LogP contribution in [0.2, 0.25) is 0 Å². The molecule has 0 fully saturated rings. The summed E-state index contributed by atoms with van der Waals surface area (Å²) in [5, 5.41) is 6.83. The molecule has 4 rings (SSSR count). The summed E-state index contributed by atoms with van der Waals surface area (Å²) in [5.74, 6) is 2.09. The van der Waals surface area contributed by atoms with Crippen LogP contribution in [0.4, 0.5) is 0 Å². The Morgan fingerprint density at radius 3 is 2.62 bits per heavy atom. The van der Waals surface area contributed by atoms with E-state index < -0.39 is 0 Å². The van der Waals surface area contributed by atoms with Gasteiger partial charge in [-0.3, -0.25) is 4.79 Å². The molecule has 8 heteroatoms. The fourth-order valence-electron chi connectivity index (χ4n) is 3.08. The molecule has 0 aliphatic rings. The molecule has 0 aliphatic carbocycles. The molecule has 0 saturated carbocycles. The predicted molar refractivity (Wildman–Crippen MR) is 118 cm³/mol. The van der Waals surface area contributed by atoms with E-state index in [1.807, 2.05) is 30.3 Å². The molecule has 0 spiro atoms. The number of carbonyl (C=O) groups is 1. The highest BCUT2D eigenvalue weighted by Gasteiger charge is 2.17. The number of rotatable bonds is 8. The van der Waals surface area contributed by atoms with E-state index in [2.05, 4.69) is 15.5 Å². The first-order valence-electron chi connectivity index (χ1n) is 9.81. The van der Waals surface area contributed by atoms with Crippen molar-refractivity contribution in [2.75, 3.05) is 14.2 Å². The van der Waals surface area contributed by atoms with Gasteiger partial charge in [0.1, 0.15) is 17.3 Å². The minimum Gasteiger partial charge on any atom is -0.497 e. The maximum atomic E-state index is 12.9. The number of aromatic nitrogens is 2. The largest absolute Gasteiger partial charge is 0.497 e. The average molecular weight is 431 g/mol. The van der Waals surface area contributed by atoms with Crippen molar-refractivity contribution >= 4 is 17.6 Å². The second-order valence-electron chi connectivity index (χ2n) is 6.70. The van der Waals surface area contributed by atoms with Crippen LogP contribution in [-0.4, -0.2) is 30.3 Å². The van der Waals surface area contributed by atoms with Gasteiger partial charge in [0, 0.05) is 6.07 Å². The number of nitrogens with one attached hydrogen (secondary N) is 1. The Morgan fingerprint density at radius 1 is 1.06 bits per heavy atom. The molecule has 1 N–H and O–H groups in total. The Bertz CT molecular complexity index is 1210. The fraction of sp³-hybridized carbons (Fsp3) is 0.125. The number of methoxy groups -OCH3 is 2. The van der Waals surface area contributed by atoms with Gasteiger partial charge in [-0.15, -0.1) is 0 Å². The third-order valence-electron chi connectivity index (χ3n) is 4.68. The van der Waals surface area contributed by atoms with E-state index in [1.165, 1.54) is 0 Å².